The van der Waals surface area contributed by atoms with E-state index in [-0.39, 0.29) is 35.5 Å². The van der Waals surface area contributed by atoms with E-state index in [0.29, 0.717) is 5.56 Å². The highest BCUT2D eigenvalue weighted by atomic mass is 35.5. The third-order valence-corrected chi connectivity index (χ3v) is 3.53. The Balaban J connectivity index is 2.76. The minimum atomic E-state index is -0.881. The molecule has 0 heterocycles. The topological polar surface area (TPSA) is 98.7 Å². The lowest BCUT2D eigenvalue weighted by molar-refractivity contribution is 0.0846. The summed E-state index contributed by atoms with van der Waals surface area (Å²) >= 11 is 11.8. The molecule has 0 bridgehead atoms. The zero-order valence-corrected chi connectivity index (χ0v) is 12.0. The highest BCUT2D eigenvalue weighted by molar-refractivity contribution is 6.38. The fourth-order valence-electron chi connectivity index (χ4n) is 1.42. The molecule has 0 saturated carbocycles. The van der Waals surface area contributed by atoms with Crippen LogP contribution < -0.4 is 11.1 Å². The predicted molar refractivity (Wildman–Crippen MR) is 76.4 cm³/mol. The molecule has 0 amide bonds. The van der Waals surface area contributed by atoms with Gasteiger partial charge in [0.15, 0.2) is 0 Å². The molecule has 0 radical (unpaired) electrons. The van der Waals surface area contributed by atoms with Crippen LogP contribution in [0.15, 0.2) is 12.1 Å². The van der Waals surface area contributed by atoms with E-state index in [4.69, 9.17) is 39.1 Å². The number of nitrogens with two attached hydrogens (primary N) is 1. The van der Waals surface area contributed by atoms with Gasteiger partial charge in [-0.3, -0.25) is 0 Å². The molecule has 1 atom stereocenters. The summed E-state index contributed by atoms with van der Waals surface area (Å²) in [4.78, 5) is 0. The SMILES string of the molecule is CC(CO)(CO)NCC(O)c1cc(Cl)c(N)c(Cl)c1. The quantitative estimate of drug-likeness (QED) is 0.504. The minimum absolute atomic E-state index is 0.133. The number of anilines is 1. The third kappa shape index (κ3) is 4.21. The van der Waals surface area contributed by atoms with E-state index in [0.717, 1.165) is 0 Å². The highest BCUT2D eigenvalue weighted by Crippen LogP contribution is 2.31. The van der Waals surface area contributed by atoms with E-state index >= 15 is 0 Å². The van der Waals surface area contributed by atoms with Gasteiger partial charge in [0, 0.05) is 6.54 Å². The number of nitrogen functional groups attached to an aromatic ring is 1. The fourth-order valence-corrected chi connectivity index (χ4v) is 1.92. The van der Waals surface area contributed by atoms with Crippen LogP contribution in [0, 0.1) is 0 Å². The molecule has 6 N–H and O–H groups in total. The molecule has 1 aromatic rings. The minimum Gasteiger partial charge on any atom is -0.396 e. The summed E-state index contributed by atoms with van der Waals surface area (Å²) in [5.74, 6) is 0. The van der Waals surface area contributed by atoms with Crippen LogP contribution in [0.5, 0.6) is 0 Å². The normalized spacial score (nSPS) is 13.6. The van der Waals surface area contributed by atoms with Crippen LogP contribution in [0.1, 0.15) is 18.6 Å². The number of hydrogen-bond acceptors (Lipinski definition) is 5. The van der Waals surface area contributed by atoms with Gasteiger partial charge in [-0.1, -0.05) is 23.2 Å². The summed E-state index contributed by atoms with van der Waals surface area (Å²) in [6, 6.07) is 3.06. The lowest BCUT2D eigenvalue weighted by atomic mass is 10.0. The highest BCUT2D eigenvalue weighted by Gasteiger charge is 2.23. The smallest absolute Gasteiger partial charge is 0.0915 e. The van der Waals surface area contributed by atoms with Gasteiger partial charge in [0.05, 0.1) is 40.6 Å². The average Bonchev–Trinajstić information content (AvgIpc) is 2.41. The first-order chi connectivity index (χ1) is 8.83. The number of hydrogen-bond donors (Lipinski definition) is 5. The number of benzene rings is 1. The number of β-amino-alcohol motifs (C(OH)–C–C–N with tert-alkyl or cyclic N) is 1. The van der Waals surface area contributed by atoms with Gasteiger partial charge >= 0.3 is 0 Å². The second-order valence-electron chi connectivity index (χ2n) is 4.67. The van der Waals surface area contributed by atoms with Crippen LogP contribution in [0.25, 0.3) is 0 Å². The standard InChI is InChI=1S/C12H18Cl2N2O3/c1-12(5-17,6-18)16-4-10(19)7-2-8(13)11(15)9(14)3-7/h2-3,10,16-19H,4-6,15H2,1H3. The Kier molecular flexibility index (Phi) is 5.85. The van der Waals surface area contributed by atoms with Crippen molar-refractivity contribution in [1.29, 1.82) is 0 Å². The van der Waals surface area contributed by atoms with Gasteiger partial charge in [-0.2, -0.15) is 0 Å². The van der Waals surface area contributed by atoms with Crippen molar-refractivity contribution in [3.05, 3.63) is 27.7 Å². The third-order valence-electron chi connectivity index (χ3n) is 2.91. The lowest BCUT2D eigenvalue weighted by Gasteiger charge is -2.27. The van der Waals surface area contributed by atoms with E-state index in [1.54, 1.807) is 6.92 Å². The van der Waals surface area contributed by atoms with E-state index in [2.05, 4.69) is 5.32 Å². The summed E-state index contributed by atoms with van der Waals surface area (Å²) < 4.78 is 0. The Morgan fingerprint density at radius 2 is 1.74 bits per heavy atom. The Morgan fingerprint density at radius 3 is 2.16 bits per heavy atom. The van der Waals surface area contributed by atoms with Gasteiger partial charge in [-0.15, -0.1) is 0 Å². The zero-order chi connectivity index (χ0) is 14.6. The molecule has 1 rings (SSSR count). The maximum absolute atomic E-state index is 10.0. The van der Waals surface area contributed by atoms with Crippen molar-refractivity contribution < 1.29 is 15.3 Å². The van der Waals surface area contributed by atoms with Crippen LogP contribution in [0.2, 0.25) is 10.0 Å². The largest absolute Gasteiger partial charge is 0.396 e. The Labute approximate surface area is 122 Å². The summed E-state index contributed by atoms with van der Waals surface area (Å²) in [7, 11) is 0. The first-order valence-corrected chi connectivity index (χ1v) is 6.48. The van der Waals surface area contributed by atoms with Gasteiger partial charge in [0.2, 0.25) is 0 Å². The zero-order valence-electron chi connectivity index (χ0n) is 10.5. The first kappa shape index (κ1) is 16.5. The average molecular weight is 309 g/mol. The van der Waals surface area contributed by atoms with Crippen molar-refractivity contribution in [2.24, 2.45) is 0 Å². The monoisotopic (exact) mass is 308 g/mol. The van der Waals surface area contributed by atoms with Crippen LogP contribution in [-0.4, -0.2) is 40.6 Å². The molecule has 5 nitrogen and oxygen atoms in total. The summed E-state index contributed by atoms with van der Waals surface area (Å²) in [5, 5.41) is 31.7. The molecule has 0 aromatic heterocycles. The molecule has 0 fully saturated rings. The maximum atomic E-state index is 10.0. The van der Waals surface area contributed by atoms with Gasteiger partial charge in [0.25, 0.3) is 0 Å². The molecular weight excluding hydrogens is 291 g/mol. The molecule has 1 aromatic carbocycles. The Morgan fingerprint density at radius 1 is 1.26 bits per heavy atom. The summed E-state index contributed by atoms with van der Waals surface area (Å²) in [6.07, 6.45) is -0.881. The van der Waals surface area contributed by atoms with E-state index in [9.17, 15) is 5.11 Å². The fraction of sp³-hybridized carbons (Fsp3) is 0.500. The van der Waals surface area contributed by atoms with Crippen LogP contribution >= 0.6 is 23.2 Å². The molecule has 0 spiro atoms. The summed E-state index contributed by atoms with van der Waals surface area (Å²) in [5.41, 5.74) is 5.53. The van der Waals surface area contributed by atoms with Crippen molar-refractivity contribution in [2.75, 3.05) is 25.5 Å². The van der Waals surface area contributed by atoms with Crippen LogP contribution in [0.4, 0.5) is 5.69 Å². The van der Waals surface area contributed by atoms with Crippen molar-refractivity contribution in [1.82, 2.24) is 5.32 Å². The van der Waals surface area contributed by atoms with E-state index < -0.39 is 11.6 Å². The Bertz CT molecular complexity index is 416. The van der Waals surface area contributed by atoms with Crippen molar-refractivity contribution in [3.8, 4) is 0 Å². The number of nitrogens with one attached hydrogen (secondary N) is 1. The van der Waals surface area contributed by atoms with Crippen molar-refractivity contribution >= 4 is 28.9 Å². The van der Waals surface area contributed by atoms with Crippen LogP contribution in [-0.2, 0) is 0 Å². The van der Waals surface area contributed by atoms with Crippen molar-refractivity contribution in [3.63, 3.8) is 0 Å². The molecule has 0 saturated heterocycles. The molecule has 19 heavy (non-hydrogen) atoms. The van der Waals surface area contributed by atoms with Gasteiger partial charge in [-0.05, 0) is 24.6 Å². The predicted octanol–water partition coefficient (Wildman–Crippen LogP) is 0.942. The molecule has 1 unspecified atom stereocenters. The second kappa shape index (κ2) is 6.74. The molecule has 108 valence electrons. The molecule has 7 heteroatoms. The number of halogens is 2. The first-order valence-electron chi connectivity index (χ1n) is 5.72. The van der Waals surface area contributed by atoms with Gasteiger partial charge < -0.3 is 26.4 Å². The number of aliphatic hydroxyl groups excluding tert-OH is 3. The van der Waals surface area contributed by atoms with Crippen molar-refractivity contribution in [2.45, 2.75) is 18.6 Å². The molecule has 0 aliphatic rings. The maximum Gasteiger partial charge on any atom is 0.0915 e. The van der Waals surface area contributed by atoms with E-state index in [1.807, 2.05) is 0 Å². The number of aliphatic hydroxyl groups is 3. The van der Waals surface area contributed by atoms with Crippen LogP contribution in [0.3, 0.4) is 0 Å². The lowest BCUT2D eigenvalue weighted by Crippen LogP contribution is -2.50. The number of rotatable bonds is 6. The van der Waals surface area contributed by atoms with E-state index in [1.165, 1.54) is 12.1 Å². The van der Waals surface area contributed by atoms with Gasteiger partial charge in [-0.25, -0.2) is 0 Å². The second-order valence-corrected chi connectivity index (χ2v) is 5.49. The molecule has 0 aliphatic carbocycles. The van der Waals surface area contributed by atoms with Gasteiger partial charge in [0.1, 0.15) is 0 Å². The summed E-state index contributed by atoms with van der Waals surface area (Å²) in [6.45, 7) is 1.27. The Hall–Kier alpha value is -0.560. The molecule has 0 aliphatic heterocycles. The molecular formula is C12H18Cl2N2O3.